The van der Waals surface area contributed by atoms with E-state index in [1.807, 2.05) is 4.90 Å². The lowest BCUT2D eigenvalue weighted by molar-refractivity contribution is -0.160. The molecule has 2 aliphatic heterocycles. The first-order chi connectivity index (χ1) is 12.0. The van der Waals surface area contributed by atoms with Gasteiger partial charge in [-0.15, -0.1) is 24.8 Å². The van der Waals surface area contributed by atoms with Crippen molar-refractivity contribution in [3.8, 4) is 0 Å². The number of rotatable bonds is 4. The van der Waals surface area contributed by atoms with Gasteiger partial charge in [0.05, 0.1) is 0 Å². The Hall–Kier alpha value is -0.630. The predicted molar refractivity (Wildman–Crippen MR) is 110 cm³/mol. The summed E-state index contributed by atoms with van der Waals surface area (Å²) in [6.45, 7) is 5.19. The summed E-state index contributed by atoms with van der Waals surface area (Å²) in [7, 11) is 1.63. The molecule has 1 aromatic rings. The fourth-order valence-electron chi connectivity index (χ4n) is 3.62. The number of ether oxygens (including phenoxy) is 1. The zero-order valence-corrected chi connectivity index (χ0v) is 17.8. The maximum atomic E-state index is 13.2. The van der Waals surface area contributed by atoms with Crippen LogP contribution in [0.5, 0.6) is 0 Å². The molecule has 154 valence electrons. The van der Waals surface area contributed by atoms with Gasteiger partial charge >= 0.3 is 0 Å². The Labute approximate surface area is 177 Å². The van der Waals surface area contributed by atoms with E-state index in [0.29, 0.717) is 37.5 Å². The number of carbonyl (C=O) groups excluding carboxylic acids is 1. The van der Waals surface area contributed by atoms with E-state index in [9.17, 15) is 9.18 Å². The van der Waals surface area contributed by atoms with Crippen molar-refractivity contribution in [1.82, 2.24) is 15.1 Å². The van der Waals surface area contributed by atoms with Gasteiger partial charge in [0.25, 0.3) is 5.91 Å². The number of methoxy groups -OCH3 is 1. The van der Waals surface area contributed by atoms with Gasteiger partial charge in [0.1, 0.15) is 11.4 Å². The summed E-state index contributed by atoms with van der Waals surface area (Å²) in [5, 5.41) is 3.73. The first-order valence-electron chi connectivity index (χ1n) is 8.76. The molecule has 3 rings (SSSR count). The summed E-state index contributed by atoms with van der Waals surface area (Å²) in [4.78, 5) is 17.1. The van der Waals surface area contributed by atoms with E-state index < -0.39 is 5.60 Å². The number of nitrogens with zero attached hydrogens (tertiary/aromatic N) is 2. The van der Waals surface area contributed by atoms with E-state index in [0.717, 1.165) is 31.7 Å². The van der Waals surface area contributed by atoms with Crippen molar-refractivity contribution in [3.05, 3.63) is 34.6 Å². The molecule has 0 radical (unpaired) electrons. The molecule has 1 amide bonds. The second-order valence-corrected chi connectivity index (χ2v) is 7.16. The first-order valence-corrected chi connectivity index (χ1v) is 9.13. The fraction of sp³-hybridized carbons (Fsp3) is 0.611. The Bertz CT molecular complexity index is 622. The Balaban J connectivity index is 0.00000182. The predicted octanol–water partition coefficient (Wildman–Crippen LogP) is 2.74. The molecule has 2 fully saturated rings. The number of piperidine rings is 1. The van der Waals surface area contributed by atoms with E-state index in [1.54, 1.807) is 13.2 Å². The monoisotopic (exact) mass is 441 g/mol. The summed E-state index contributed by atoms with van der Waals surface area (Å²) >= 11 is 6.11. The van der Waals surface area contributed by atoms with Crippen molar-refractivity contribution in [2.24, 2.45) is 0 Å². The highest BCUT2D eigenvalue weighted by molar-refractivity contribution is 6.31. The largest absolute Gasteiger partial charge is 0.368 e. The number of carbonyl (C=O) groups is 1. The van der Waals surface area contributed by atoms with Crippen LogP contribution in [-0.2, 0) is 16.1 Å². The molecule has 0 spiro atoms. The van der Waals surface area contributed by atoms with Gasteiger partial charge in [-0.2, -0.15) is 0 Å². The van der Waals surface area contributed by atoms with Crippen LogP contribution in [0.3, 0.4) is 0 Å². The smallest absolute Gasteiger partial charge is 0.254 e. The third kappa shape index (κ3) is 5.68. The number of halogens is 4. The van der Waals surface area contributed by atoms with Gasteiger partial charge in [-0.3, -0.25) is 9.69 Å². The second-order valence-electron chi connectivity index (χ2n) is 6.75. The molecule has 5 nitrogen and oxygen atoms in total. The molecule has 0 aromatic heterocycles. The summed E-state index contributed by atoms with van der Waals surface area (Å²) in [5.41, 5.74) is 0.239. The SMILES string of the molecule is COC1(C(=O)N2CCN(Cc3ccc(F)cc3Cl)CC2)CCNCC1.Cl.Cl. The van der Waals surface area contributed by atoms with Crippen LogP contribution in [0.4, 0.5) is 4.39 Å². The van der Waals surface area contributed by atoms with Crippen LogP contribution in [0, 0.1) is 5.82 Å². The molecule has 9 heteroatoms. The normalized spacial score (nSPS) is 19.7. The van der Waals surface area contributed by atoms with Crippen LogP contribution in [-0.4, -0.2) is 67.7 Å². The van der Waals surface area contributed by atoms with Crippen molar-refractivity contribution in [1.29, 1.82) is 0 Å². The van der Waals surface area contributed by atoms with Gasteiger partial charge < -0.3 is 15.0 Å². The highest BCUT2D eigenvalue weighted by atomic mass is 35.5. The topological polar surface area (TPSA) is 44.8 Å². The molecule has 27 heavy (non-hydrogen) atoms. The van der Waals surface area contributed by atoms with Crippen molar-refractivity contribution in [3.63, 3.8) is 0 Å². The van der Waals surface area contributed by atoms with E-state index in [4.69, 9.17) is 16.3 Å². The summed E-state index contributed by atoms with van der Waals surface area (Å²) in [6, 6.07) is 4.50. The molecule has 0 bridgehead atoms. The van der Waals surface area contributed by atoms with E-state index in [2.05, 4.69) is 10.2 Å². The zero-order chi connectivity index (χ0) is 17.9. The number of piperazine rings is 1. The minimum Gasteiger partial charge on any atom is -0.368 e. The maximum Gasteiger partial charge on any atom is 0.254 e. The Morgan fingerprint density at radius 3 is 2.41 bits per heavy atom. The van der Waals surface area contributed by atoms with E-state index in [1.165, 1.54) is 12.1 Å². The van der Waals surface area contributed by atoms with Gasteiger partial charge in [0.2, 0.25) is 0 Å². The highest BCUT2D eigenvalue weighted by Gasteiger charge is 2.42. The number of amides is 1. The molecule has 0 aliphatic carbocycles. The van der Waals surface area contributed by atoms with Crippen LogP contribution in [0.15, 0.2) is 18.2 Å². The Morgan fingerprint density at radius 2 is 1.85 bits per heavy atom. The quantitative estimate of drug-likeness (QED) is 0.779. The van der Waals surface area contributed by atoms with E-state index in [-0.39, 0.29) is 36.5 Å². The molecule has 0 unspecified atom stereocenters. The van der Waals surface area contributed by atoms with Gasteiger partial charge in [-0.1, -0.05) is 17.7 Å². The number of benzene rings is 1. The van der Waals surface area contributed by atoms with Crippen molar-refractivity contribution in [2.45, 2.75) is 25.0 Å². The number of hydrogen-bond donors (Lipinski definition) is 1. The van der Waals surface area contributed by atoms with Crippen LogP contribution in [0.25, 0.3) is 0 Å². The van der Waals surface area contributed by atoms with Crippen molar-refractivity contribution < 1.29 is 13.9 Å². The maximum absolute atomic E-state index is 13.2. The third-order valence-corrected chi connectivity index (χ3v) is 5.61. The van der Waals surface area contributed by atoms with Gasteiger partial charge in [0.15, 0.2) is 0 Å². The Kier molecular flexibility index (Phi) is 9.75. The molecule has 2 heterocycles. The summed E-state index contributed by atoms with van der Waals surface area (Å²) < 4.78 is 18.8. The number of nitrogens with one attached hydrogen (secondary N) is 1. The minimum absolute atomic E-state index is 0. The molecule has 0 saturated carbocycles. The molecule has 1 aromatic carbocycles. The zero-order valence-electron chi connectivity index (χ0n) is 15.4. The van der Waals surface area contributed by atoms with Crippen molar-refractivity contribution >= 4 is 42.3 Å². The number of hydrogen-bond acceptors (Lipinski definition) is 4. The van der Waals surface area contributed by atoms with E-state index >= 15 is 0 Å². The Morgan fingerprint density at radius 1 is 1.22 bits per heavy atom. The minimum atomic E-state index is -0.673. The van der Waals surface area contributed by atoms with Crippen molar-refractivity contribution in [2.75, 3.05) is 46.4 Å². The lowest BCUT2D eigenvalue weighted by Gasteiger charge is -2.42. The van der Waals surface area contributed by atoms with Crippen LogP contribution in [0.1, 0.15) is 18.4 Å². The molecule has 1 N–H and O–H groups in total. The molecular formula is C18H27Cl3FN3O2. The molecule has 0 atom stereocenters. The van der Waals surface area contributed by atoms with Gasteiger partial charge in [0, 0.05) is 44.9 Å². The van der Waals surface area contributed by atoms with Gasteiger partial charge in [-0.05, 0) is 43.6 Å². The second kappa shape index (κ2) is 10.8. The first kappa shape index (κ1) is 24.4. The average molecular weight is 443 g/mol. The van der Waals surface area contributed by atoms with Crippen LogP contribution < -0.4 is 5.32 Å². The summed E-state index contributed by atoms with van der Waals surface area (Å²) in [6.07, 6.45) is 1.43. The molecular weight excluding hydrogens is 416 g/mol. The van der Waals surface area contributed by atoms with Crippen LogP contribution >= 0.6 is 36.4 Å². The lowest BCUT2D eigenvalue weighted by Crippen LogP contribution is -2.59. The molecule has 2 aliphatic rings. The fourth-order valence-corrected chi connectivity index (χ4v) is 3.85. The average Bonchev–Trinajstić information content (AvgIpc) is 2.64. The molecule has 2 saturated heterocycles. The van der Waals surface area contributed by atoms with Gasteiger partial charge in [-0.25, -0.2) is 4.39 Å². The third-order valence-electron chi connectivity index (χ3n) is 5.26. The standard InChI is InChI=1S/C18H25ClFN3O2.2ClH/c1-25-18(4-6-21-7-5-18)17(24)23-10-8-22(9-11-23)13-14-2-3-15(20)12-16(14)19;;/h2-3,12,21H,4-11,13H2,1H3;2*1H. The summed E-state index contributed by atoms with van der Waals surface area (Å²) in [5.74, 6) is -0.216. The highest BCUT2D eigenvalue weighted by Crippen LogP contribution is 2.26. The lowest BCUT2D eigenvalue weighted by atomic mass is 9.90. The van der Waals surface area contributed by atoms with Crippen LogP contribution in [0.2, 0.25) is 5.02 Å².